The standard InChI is InChI=1S/C9H11NO2S/c1-2-9(12)10-5-8(11)7-3-4-13-6-7/h2-4,6,8,11H,1,5H2,(H,10,12). The van der Waals surface area contributed by atoms with Gasteiger partial charge in [0.15, 0.2) is 0 Å². The van der Waals surface area contributed by atoms with Crippen LogP contribution in [0.3, 0.4) is 0 Å². The summed E-state index contributed by atoms with van der Waals surface area (Å²) < 4.78 is 0. The minimum Gasteiger partial charge on any atom is -0.387 e. The van der Waals surface area contributed by atoms with Crippen molar-refractivity contribution >= 4 is 17.2 Å². The summed E-state index contributed by atoms with van der Waals surface area (Å²) in [5.41, 5.74) is 0.828. The van der Waals surface area contributed by atoms with Crippen molar-refractivity contribution in [1.29, 1.82) is 0 Å². The Morgan fingerprint density at radius 2 is 2.62 bits per heavy atom. The first-order chi connectivity index (χ1) is 6.24. The van der Waals surface area contributed by atoms with Gasteiger partial charge >= 0.3 is 0 Å². The molecule has 0 aliphatic carbocycles. The molecule has 0 aliphatic rings. The van der Waals surface area contributed by atoms with E-state index in [4.69, 9.17) is 0 Å². The Morgan fingerprint density at radius 3 is 3.15 bits per heavy atom. The highest BCUT2D eigenvalue weighted by Crippen LogP contribution is 2.14. The van der Waals surface area contributed by atoms with Gasteiger partial charge in [0.25, 0.3) is 0 Å². The topological polar surface area (TPSA) is 49.3 Å². The quantitative estimate of drug-likeness (QED) is 0.710. The molecule has 70 valence electrons. The van der Waals surface area contributed by atoms with Crippen LogP contribution in [0.15, 0.2) is 29.5 Å². The summed E-state index contributed by atoms with van der Waals surface area (Å²) in [6, 6.07) is 1.83. The van der Waals surface area contributed by atoms with Gasteiger partial charge in [-0.3, -0.25) is 4.79 Å². The maximum absolute atomic E-state index is 10.7. The van der Waals surface area contributed by atoms with Crippen molar-refractivity contribution in [2.45, 2.75) is 6.10 Å². The molecule has 1 aromatic rings. The zero-order valence-electron chi connectivity index (χ0n) is 7.06. The molecule has 3 nitrogen and oxygen atoms in total. The number of thiophene rings is 1. The molecule has 13 heavy (non-hydrogen) atoms. The molecule has 1 heterocycles. The molecule has 0 aromatic carbocycles. The van der Waals surface area contributed by atoms with E-state index >= 15 is 0 Å². The number of aliphatic hydroxyl groups excluding tert-OH is 1. The summed E-state index contributed by atoms with van der Waals surface area (Å²) in [5, 5.41) is 15.8. The van der Waals surface area contributed by atoms with Crippen LogP contribution in [0.1, 0.15) is 11.7 Å². The van der Waals surface area contributed by atoms with E-state index in [1.807, 2.05) is 16.8 Å². The number of carbonyl (C=O) groups is 1. The first-order valence-corrected chi connectivity index (χ1v) is 4.78. The van der Waals surface area contributed by atoms with Crippen molar-refractivity contribution in [3.8, 4) is 0 Å². The first kappa shape index (κ1) is 9.95. The van der Waals surface area contributed by atoms with Crippen molar-refractivity contribution in [1.82, 2.24) is 5.32 Å². The van der Waals surface area contributed by atoms with Crippen molar-refractivity contribution in [2.75, 3.05) is 6.54 Å². The van der Waals surface area contributed by atoms with Crippen molar-refractivity contribution < 1.29 is 9.90 Å². The minimum atomic E-state index is -0.629. The fraction of sp³-hybridized carbons (Fsp3) is 0.222. The Bertz CT molecular complexity index is 282. The second-order valence-electron chi connectivity index (χ2n) is 2.52. The molecule has 0 saturated heterocycles. The molecule has 1 unspecified atom stereocenters. The van der Waals surface area contributed by atoms with E-state index in [-0.39, 0.29) is 12.5 Å². The summed E-state index contributed by atoms with van der Waals surface area (Å²) in [4.78, 5) is 10.7. The molecular formula is C9H11NO2S. The molecule has 1 aromatic heterocycles. The number of hydrogen-bond acceptors (Lipinski definition) is 3. The second kappa shape index (κ2) is 4.79. The molecule has 0 fully saturated rings. The van der Waals surface area contributed by atoms with Crippen molar-refractivity contribution in [3.63, 3.8) is 0 Å². The van der Waals surface area contributed by atoms with Gasteiger partial charge in [-0.25, -0.2) is 0 Å². The predicted molar refractivity (Wildman–Crippen MR) is 52.5 cm³/mol. The maximum Gasteiger partial charge on any atom is 0.243 e. The van der Waals surface area contributed by atoms with Gasteiger partial charge in [-0.05, 0) is 28.5 Å². The lowest BCUT2D eigenvalue weighted by Crippen LogP contribution is -2.26. The van der Waals surface area contributed by atoms with Crippen LogP contribution in [-0.4, -0.2) is 17.6 Å². The van der Waals surface area contributed by atoms with Crippen molar-refractivity contribution in [3.05, 3.63) is 35.0 Å². The van der Waals surface area contributed by atoms with Crippen LogP contribution in [0.2, 0.25) is 0 Å². The molecule has 4 heteroatoms. The van der Waals surface area contributed by atoms with Crippen molar-refractivity contribution in [2.24, 2.45) is 0 Å². The van der Waals surface area contributed by atoms with Gasteiger partial charge < -0.3 is 10.4 Å². The van der Waals surface area contributed by atoms with E-state index in [0.717, 1.165) is 5.56 Å². The zero-order chi connectivity index (χ0) is 9.68. The van der Waals surface area contributed by atoms with Crippen LogP contribution in [0.25, 0.3) is 0 Å². The number of hydrogen-bond donors (Lipinski definition) is 2. The number of carbonyl (C=O) groups excluding carboxylic acids is 1. The van der Waals surface area contributed by atoms with E-state index in [1.165, 1.54) is 17.4 Å². The fourth-order valence-electron chi connectivity index (χ4n) is 0.852. The molecule has 1 rings (SSSR count). The van der Waals surface area contributed by atoms with Crippen LogP contribution < -0.4 is 5.32 Å². The number of rotatable bonds is 4. The third-order valence-corrected chi connectivity index (χ3v) is 2.28. The molecule has 1 amide bonds. The zero-order valence-corrected chi connectivity index (χ0v) is 7.88. The summed E-state index contributed by atoms with van der Waals surface area (Å²) in [6.45, 7) is 3.53. The summed E-state index contributed by atoms with van der Waals surface area (Å²) in [6.07, 6.45) is 0.551. The van der Waals surface area contributed by atoms with E-state index in [0.29, 0.717) is 0 Å². The fourth-order valence-corrected chi connectivity index (χ4v) is 1.56. The Hall–Kier alpha value is -1.13. The van der Waals surface area contributed by atoms with Crippen LogP contribution in [-0.2, 0) is 4.79 Å². The van der Waals surface area contributed by atoms with E-state index in [9.17, 15) is 9.90 Å². The summed E-state index contributed by atoms with van der Waals surface area (Å²) >= 11 is 1.52. The van der Waals surface area contributed by atoms with Crippen LogP contribution >= 0.6 is 11.3 Å². The lowest BCUT2D eigenvalue weighted by atomic mass is 10.2. The average Bonchev–Trinajstić information content (AvgIpc) is 2.66. The minimum absolute atomic E-state index is 0.224. The van der Waals surface area contributed by atoms with Gasteiger partial charge in [0.05, 0.1) is 6.10 Å². The summed E-state index contributed by atoms with van der Waals surface area (Å²) in [7, 11) is 0. The highest BCUT2D eigenvalue weighted by Gasteiger charge is 2.07. The lowest BCUT2D eigenvalue weighted by molar-refractivity contribution is -0.116. The molecule has 0 bridgehead atoms. The lowest BCUT2D eigenvalue weighted by Gasteiger charge is -2.08. The highest BCUT2D eigenvalue weighted by atomic mass is 32.1. The Labute approximate surface area is 80.7 Å². The van der Waals surface area contributed by atoms with Gasteiger partial charge in [0.2, 0.25) is 5.91 Å². The van der Waals surface area contributed by atoms with Gasteiger partial charge in [-0.2, -0.15) is 11.3 Å². The van der Waals surface area contributed by atoms with E-state index in [1.54, 1.807) is 0 Å². The van der Waals surface area contributed by atoms with Crippen LogP contribution in [0.5, 0.6) is 0 Å². The molecule has 0 spiro atoms. The molecular weight excluding hydrogens is 186 g/mol. The van der Waals surface area contributed by atoms with E-state index < -0.39 is 6.10 Å². The average molecular weight is 197 g/mol. The van der Waals surface area contributed by atoms with Gasteiger partial charge in [0.1, 0.15) is 0 Å². The molecule has 0 saturated carbocycles. The first-order valence-electron chi connectivity index (χ1n) is 3.84. The van der Waals surface area contributed by atoms with Gasteiger partial charge in [-0.1, -0.05) is 6.58 Å². The summed E-state index contributed by atoms with van der Waals surface area (Å²) in [5.74, 6) is -0.269. The van der Waals surface area contributed by atoms with Crippen LogP contribution in [0, 0.1) is 0 Å². The smallest absolute Gasteiger partial charge is 0.243 e. The molecule has 1 atom stereocenters. The Balaban J connectivity index is 2.38. The molecule has 0 aliphatic heterocycles. The largest absolute Gasteiger partial charge is 0.387 e. The second-order valence-corrected chi connectivity index (χ2v) is 3.30. The predicted octanol–water partition coefficient (Wildman–Crippen LogP) is 1.08. The molecule has 2 N–H and O–H groups in total. The Morgan fingerprint density at radius 1 is 1.85 bits per heavy atom. The SMILES string of the molecule is C=CC(=O)NCC(O)c1ccsc1. The van der Waals surface area contributed by atoms with E-state index in [2.05, 4.69) is 11.9 Å². The maximum atomic E-state index is 10.7. The van der Waals surface area contributed by atoms with Crippen LogP contribution in [0.4, 0.5) is 0 Å². The normalized spacial score (nSPS) is 12.1. The highest BCUT2D eigenvalue weighted by molar-refractivity contribution is 7.07. The molecule has 0 radical (unpaired) electrons. The number of amides is 1. The van der Waals surface area contributed by atoms with Gasteiger partial charge in [0, 0.05) is 6.54 Å². The third-order valence-electron chi connectivity index (χ3n) is 1.58. The third kappa shape index (κ3) is 3.01. The monoisotopic (exact) mass is 197 g/mol. The number of nitrogens with one attached hydrogen (secondary N) is 1. The Kier molecular flexibility index (Phi) is 3.67. The number of aliphatic hydroxyl groups is 1. The van der Waals surface area contributed by atoms with Gasteiger partial charge in [-0.15, -0.1) is 0 Å².